The van der Waals surface area contributed by atoms with Crippen LogP contribution in [-0.2, 0) is 9.59 Å². The number of hydrogen-bond acceptors (Lipinski definition) is 4. The number of carbonyl (C=O) groups excluding carboxylic acids is 1. The van der Waals surface area contributed by atoms with Crippen LogP contribution in [0.3, 0.4) is 0 Å². The molecule has 0 aliphatic rings. The predicted octanol–water partition coefficient (Wildman–Crippen LogP) is -1.71. The van der Waals surface area contributed by atoms with Crippen molar-refractivity contribution in [2.45, 2.75) is 25.4 Å². The fraction of sp³-hybridized carbons (Fsp3) is 0.714. The van der Waals surface area contributed by atoms with Gasteiger partial charge in [-0.15, -0.1) is 0 Å². The van der Waals surface area contributed by atoms with Crippen LogP contribution in [0, 0.1) is 0 Å². The number of aliphatic hydroxyl groups excluding tert-OH is 1. The molecule has 0 fully saturated rings. The lowest BCUT2D eigenvalue weighted by Gasteiger charge is -2.14. The van der Waals surface area contributed by atoms with Gasteiger partial charge in [-0.3, -0.25) is 4.79 Å². The second-order valence-electron chi connectivity index (χ2n) is 2.70. The first-order valence-corrected chi connectivity index (χ1v) is 3.88. The maximum Gasteiger partial charge on any atom is 0.326 e. The molecule has 0 rings (SSSR count). The average Bonchev–Trinajstić information content (AvgIpc) is 2.03. The number of carboxylic acids is 1. The average molecular weight is 190 g/mol. The number of amides is 1. The van der Waals surface area contributed by atoms with Crippen molar-refractivity contribution in [3.8, 4) is 0 Å². The molecule has 0 aliphatic carbocycles. The van der Waals surface area contributed by atoms with Gasteiger partial charge in [-0.25, -0.2) is 4.79 Å². The highest BCUT2D eigenvalue weighted by molar-refractivity contribution is 5.86. The number of carbonyl (C=O) groups is 2. The molecule has 0 aliphatic heterocycles. The van der Waals surface area contributed by atoms with Gasteiger partial charge in [-0.1, -0.05) is 0 Å². The molecule has 13 heavy (non-hydrogen) atoms. The Morgan fingerprint density at radius 3 is 2.38 bits per heavy atom. The largest absolute Gasteiger partial charge is 0.480 e. The lowest BCUT2D eigenvalue weighted by atomic mass is 10.2. The van der Waals surface area contributed by atoms with Gasteiger partial charge in [-0.2, -0.15) is 0 Å². The third-order valence-corrected chi connectivity index (χ3v) is 1.45. The van der Waals surface area contributed by atoms with Crippen LogP contribution in [0.25, 0.3) is 0 Å². The Morgan fingerprint density at radius 1 is 1.54 bits per heavy atom. The third kappa shape index (κ3) is 4.44. The topological polar surface area (TPSA) is 113 Å². The van der Waals surface area contributed by atoms with Crippen LogP contribution in [0.4, 0.5) is 0 Å². The summed E-state index contributed by atoms with van der Waals surface area (Å²) in [6.45, 7) is 1.16. The summed E-state index contributed by atoms with van der Waals surface area (Å²) >= 11 is 0. The van der Waals surface area contributed by atoms with Gasteiger partial charge in [0.05, 0.1) is 6.04 Å². The Morgan fingerprint density at radius 2 is 2.08 bits per heavy atom. The normalized spacial score (nSPS) is 14.7. The van der Waals surface area contributed by atoms with Crippen LogP contribution in [0.1, 0.15) is 13.3 Å². The molecule has 76 valence electrons. The number of aliphatic hydroxyl groups is 1. The number of aliphatic carboxylic acids is 1. The second kappa shape index (κ2) is 5.50. The number of nitrogens with two attached hydrogens (primary N) is 1. The summed E-state index contributed by atoms with van der Waals surface area (Å²) < 4.78 is 0. The Hall–Kier alpha value is -1.14. The van der Waals surface area contributed by atoms with E-state index in [0.717, 1.165) is 0 Å². The van der Waals surface area contributed by atoms with Crippen molar-refractivity contribution < 1.29 is 19.8 Å². The molecule has 0 heterocycles. The minimum atomic E-state index is -1.18. The van der Waals surface area contributed by atoms with Crippen LogP contribution >= 0.6 is 0 Å². The second-order valence-corrected chi connectivity index (χ2v) is 2.70. The van der Waals surface area contributed by atoms with E-state index in [1.165, 1.54) is 6.92 Å². The Kier molecular flexibility index (Phi) is 5.01. The van der Waals surface area contributed by atoms with Gasteiger partial charge >= 0.3 is 5.97 Å². The van der Waals surface area contributed by atoms with Crippen molar-refractivity contribution in [3.63, 3.8) is 0 Å². The van der Waals surface area contributed by atoms with E-state index in [1.807, 2.05) is 0 Å². The van der Waals surface area contributed by atoms with Gasteiger partial charge in [0.15, 0.2) is 0 Å². The maximum atomic E-state index is 11.0. The van der Waals surface area contributed by atoms with Gasteiger partial charge in [-0.05, 0) is 6.92 Å². The standard InChI is InChI=1S/C7H14N2O4/c1-4(8)6(11)9-5(2-3-10)7(12)13/h4-5,10H,2-3,8H2,1H3,(H,9,11)(H,12,13)/t4-,5?/m0/s1. The Balaban J connectivity index is 4.10. The highest BCUT2D eigenvalue weighted by Crippen LogP contribution is 1.92. The van der Waals surface area contributed by atoms with Crippen LogP contribution in [0.15, 0.2) is 0 Å². The van der Waals surface area contributed by atoms with Crippen molar-refractivity contribution in [1.29, 1.82) is 0 Å². The van der Waals surface area contributed by atoms with E-state index in [0.29, 0.717) is 0 Å². The minimum Gasteiger partial charge on any atom is -0.480 e. The third-order valence-electron chi connectivity index (χ3n) is 1.45. The molecule has 6 heteroatoms. The molecule has 1 amide bonds. The fourth-order valence-electron chi connectivity index (χ4n) is 0.690. The number of carboxylic acid groups (broad SMARTS) is 1. The zero-order valence-electron chi connectivity index (χ0n) is 7.36. The molecule has 2 atom stereocenters. The van der Waals surface area contributed by atoms with Crippen LogP contribution in [0.5, 0.6) is 0 Å². The van der Waals surface area contributed by atoms with Crippen LogP contribution < -0.4 is 11.1 Å². The van der Waals surface area contributed by atoms with Crippen molar-refractivity contribution in [3.05, 3.63) is 0 Å². The Labute approximate surface area is 75.7 Å². The lowest BCUT2D eigenvalue weighted by Crippen LogP contribution is -2.47. The maximum absolute atomic E-state index is 11.0. The Bertz CT molecular complexity index is 193. The molecule has 0 aromatic heterocycles. The summed E-state index contributed by atoms with van der Waals surface area (Å²) in [7, 11) is 0. The molecule has 5 N–H and O–H groups in total. The van der Waals surface area contributed by atoms with Crippen molar-refractivity contribution in [2.75, 3.05) is 6.61 Å². The van der Waals surface area contributed by atoms with Gasteiger partial charge in [0.1, 0.15) is 6.04 Å². The van der Waals surface area contributed by atoms with Gasteiger partial charge in [0.25, 0.3) is 0 Å². The summed E-state index contributed by atoms with van der Waals surface area (Å²) in [4.78, 5) is 21.4. The quantitative estimate of drug-likeness (QED) is 0.412. The SMILES string of the molecule is C[C@H](N)C(=O)NC(CCO)C(=O)O. The molecule has 1 unspecified atom stereocenters. The predicted molar refractivity (Wildman–Crippen MR) is 44.9 cm³/mol. The first kappa shape index (κ1) is 11.9. The van der Waals surface area contributed by atoms with E-state index in [2.05, 4.69) is 5.32 Å². The number of rotatable bonds is 5. The summed E-state index contributed by atoms with van der Waals surface area (Å²) in [6, 6.07) is -1.82. The molecule has 0 saturated heterocycles. The van der Waals surface area contributed by atoms with E-state index in [4.69, 9.17) is 15.9 Å². The highest BCUT2D eigenvalue weighted by atomic mass is 16.4. The van der Waals surface area contributed by atoms with E-state index in [9.17, 15) is 9.59 Å². The van der Waals surface area contributed by atoms with Gasteiger partial charge < -0.3 is 21.3 Å². The van der Waals surface area contributed by atoms with E-state index in [-0.39, 0.29) is 13.0 Å². The molecular weight excluding hydrogens is 176 g/mol. The highest BCUT2D eigenvalue weighted by Gasteiger charge is 2.20. The molecule has 0 aromatic rings. The summed E-state index contributed by atoms with van der Waals surface area (Å²) in [6.07, 6.45) is -0.0200. The van der Waals surface area contributed by atoms with Crippen LogP contribution in [-0.4, -0.2) is 40.8 Å². The zero-order valence-corrected chi connectivity index (χ0v) is 7.36. The van der Waals surface area contributed by atoms with Gasteiger partial charge in [0, 0.05) is 13.0 Å². The van der Waals surface area contributed by atoms with Crippen molar-refractivity contribution in [2.24, 2.45) is 5.73 Å². The zero-order chi connectivity index (χ0) is 10.4. The first-order valence-electron chi connectivity index (χ1n) is 3.88. The van der Waals surface area contributed by atoms with Gasteiger partial charge in [0.2, 0.25) is 5.91 Å². The molecule has 0 bridgehead atoms. The smallest absolute Gasteiger partial charge is 0.326 e. The van der Waals surface area contributed by atoms with E-state index < -0.39 is 24.0 Å². The number of nitrogens with one attached hydrogen (secondary N) is 1. The summed E-state index contributed by atoms with van der Waals surface area (Å²) in [5.41, 5.74) is 5.21. The van der Waals surface area contributed by atoms with Crippen molar-refractivity contribution in [1.82, 2.24) is 5.32 Å². The van der Waals surface area contributed by atoms with E-state index >= 15 is 0 Å². The molecule has 0 aromatic carbocycles. The van der Waals surface area contributed by atoms with E-state index in [1.54, 1.807) is 0 Å². The number of hydrogen-bond donors (Lipinski definition) is 4. The fourth-order valence-corrected chi connectivity index (χ4v) is 0.690. The first-order chi connectivity index (χ1) is 5.99. The summed E-state index contributed by atoms with van der Waals surface area (Å²) in [5, 5.41) is 19.3. The van der Waals surface area contributed by atoms with Crippen LogP contribution in [0.2, 0.25) is 0 Å². The van der Waals surface area contributed by atoms with Crippen molar-refractivity contribution >= 4 is 11.9 Å². The molecule has 0 saturated carbocycles. The summed E-state index contributed by atoms with van der Waals surface area (Å²) in [5.74, 6) is -1.72. The molecule has 6 nitrogen and oxygen atoms in total. The molecule has 0 spiro atoms. The minimum absolute atomic E-state index is 0.0200. The lowest BCUT2D eigenvalue weighted by molar-refractivity contribution is -0.142. The molecule has 0 radical (unpaired) electrons. The monoisotopic (exact) mass is 190 g/mol. The molecular formula is C7H14N2O4.